The van der Waals surface area contributed by atoms with Crippen LogP contribution in [0, 0.1) is 10.1 Å². The van der Waals surface area contributed by atoms with Gasteiger partial charge in [-0.2, -0.15) is 0 Å². The van der Waals surface area contributed by atoms with Crippen molar-refractivity contribution in [1.29, 1.82) is 0 Å². The first-order valence-electron chi connectivity index (χ1n) is 5.70. The molecule has 104 valence electrons. The number of methoxy groups -OCH3 is 1. The van der Waals surface area contributed by atoms with Crippen LogP contribution in [0.25, 0.3) is 0 Å². The zero-order chi connectivity index (χ0) is 14.4. The third-order valence-corrected chi connectivity index (χ3v) is 2.64. The molecule has 1 aromatic rings. The molecule has 0 unspecified atom stereocenters. The molecular formula is C12H14ClNO5. The SMILES string of the molecule is CCCCOc1c(OC)cc(C(=O)Cl)cc1[N+](=O)[O-]. The first kappa shape index (κ1) is 15.2. The van der Waals surface area contributed by atoms with Crippen LogP contribution in [0.3, 0.4) is 0 Å². The Labute approximate surface area is 115 Å². The van der Waals surface area contributed by atoms with Crippen molar-refractivity contribution < 1.29 is 19.2 Å². The molecule has 0 atom stereocenters. The number of benzene rings is 1. The first-order chi connectivity index (χ1) is 9.01. The minimum Gasteiger partial charge on any atom is -0.493 e. The van der Waals surface area contributed by atoms with Gasteiger partial charge in [0, 0.05) is 11.6 Å². The molecule has 0 bridgehead atoms. The number of nitro groups is 1. The van der Waals surface area contributed by atoms with Gasteiger partial charge in [-0.15, -0.1) is 0 Å². The highest BCUT2D eigenvalue weighted by atomic mass is 35.5. The van der Waals surface area contributed by atoms with Gasteiger partial charge in [0.1, 0.15) is 0 Å². The average Bonchev–Trinajstić information content (AvgIpc) is 2.38. The van der Waals surface area contributed by atoms with E-state index in [0.717, 1.165) is 18.9 Å². The lowest BCUT2D eigenvalue weighted by molar-refractivity contribution is -0.386. The summed E-state index contributed by atoms with van der Waals surface area (Å²) < 4.78 is 10.4. The molecule has 6 nitrogen and oxygen atoms in total. The maximum atomic E-state index is 11.1. The molecule has 0 aliphatic heterocycles. The van der Waals surface area contributed by atoms with E-state index in [1.807, 2.05) is 6.92 Å². The van der Waals surface area contributed by atoms with Gasteiger partial charge in [0.15, 0.2) is 5.75 Å². The summed E-state index contributed by atoms with van der Waals surface area (Å²) in [5.74, 6) is 0.136. The lowest BCUT2D eigenvalue weighted by Gasteiger charge is -2.11. The first-order valence-corrected chi connectivity index (χ1v) is 6.08. The highest BCUT2D eigenvalue weighted by Gasteiger charge is 2.23. The minimum atomic E-state index is -0.790. The van der Waals surface area contributed by atoms with Gasteiger partial charge in [-0.3, -0.25) is 14.9 Å². The van der Waals surface area contributed by atoms with Crippen LogP contribution in [0.2, 0.25) is 0 Å². The Kier molecular flexibility index (Phi) is 5.57. The van der Waals surface area contributed by atoms with E-state index in [9.17, 15) is 14.9 Å². The molecule has 0 aliphatic carbocycles. The van der Waals surface area contributed by atoms with E-state index < -0.39 is 10.2 Å². The molecule has 0 radical (unpaired) electrons. The van der Waals surface area contributed by atoms with Gasteiger partial charge < -0.3 is 9.47 Å². The van der Waals surface area contributed by atoms with Crippen molar-refractivity contribution in [3.05, 3.63) is 27.8 Å². The Morgan fingerprint density at radius 3 is 2.63 bits per heavy atom. The maximum Gasteiger partial charge on any atom is 0.315 e. The molecule has 0 aliphatic rings. The van der Waals surface area contributed by atoms with Crippen molar-refractivity contribution in [1.82, 2.24) is 0 Å². The van der Waals surface area contributed by atoms with Gasteiger partial charge in [-0.1, -0.05) is 13.3 Å². The summed E-state index contributed by atoms with van der Waals surface area (Å²) in [4.78, 5) is 21.5. The molecule has 1 rings (SSSR count). The average molecular weight is 288 g/mol. The van der Waals surface area contributed by atoms with Crippen LogP contribution in [-0.4, -0.2) is 23.9 Å². The summed E-state index contributed by atoms with van der Waals surface area (Å²) >= 11 is 5.33. The van der Waals surface area contributed by atoms with Crippen molar-refractivity contribution in [2.24, 2.45) is 0 Å². The zero-order valence-corrected chi connectivity index (χ0v) is 11.4. The number of rotatable bonds is 7. The lowest BCUT2D eigenvalue weighted by atomic mass is 10.2. The Balaban J connectivity index is 3.24. The number of hydrogen-bond acceptors (Lipinski definition) is 5. The molecule has 1 aromatic carbocycles. The van der Waals surface area contributed by atoms with E-state index in [1.165, 1.54) is 13.2 Å². The van der Waals surface area contributed by atoms with Crippen LogP contribution in [-0.2, 0) is 0 Å². The standard InChI is InChI=1S/C12H14ClNO5/c1-3-4-5-19-11-9(14(16)17)6-8(12(13)15)7-10(11)18-2/h6-7H,3-5H2,1-2H3. The van der Waals surface area contributed by atoms with Gasteiger partial charge in [0.2, 0.25) is 5.75 Å². The van der Waals surface area contributed by atoms with Gasteiger partial charge in [0.25, 0.3) is 5.24 Å². The monoisotopic (exact) mass is 287 g/mol. The smallest absolute Gasteiger partial charge is 0.315 e. The second-order valence-electron chi connectivity index (χ2n) is 3.76. The molecule has 19 heavy (non-hydrogen) atoms. The zero-order valence-electron chi connectivity index (χ0n) is 10.6. The van der Waals surface area contributed by atoms with Crippen molar-refractivity contribution in [3.63, 3.8) is 0 Å². The predicted molar refractivity (Wildman–Crippen MR) is 70.2 cm³/mol. The van der Waals surface area contributed by atoms with Crippen molar-refractivity contribution in [2.75, 3.05) is 13.7 Å². The lowest BCUT2D eigenvalue weighted by Crippen LogP contribution is -2.04. The number of hydrogen-bond donors (Lipinski definition) is 0. The predicted octanol–water partition coefficient (Wildman–Crippen LogP) is 3.16. The van der Waals surface area contributed by atoms with E-state index in [-0.39, 0.29) is 22.7 Å². The highest BCUT2D eigenvalue weighted by Crippen LogP contribution is 2.38. The van der Waals surface area contributed by atoms with E-state index in [0.29, 0.717) is 6.61 Å². The van der Waals surface area contributed by atoms with E-state index in [4.69, 9.17) is 21.1 Å². The molecule has 7 heteroatoms. The molecule has 0 fully saturated rings. The highest BCUT2D eigenvalue weighted by molar-refractivity contribution is 6.67. The third kappa shape index (κ3) is 3.82. The van der Waals surface area contributed by atoms with E-state index >= 15 is 0 Å². The maximum absolute atomic E-state index is 11.1. The number of nitro benzene ring substituents is 1. The van der Waals surface area contributed by atoms with E-state index in [1.54, 1.807) is 0 Å². The largest absolute Gasteiger partial charge is 0.493 e. The number of halogens is 1. The summed E-state index contributed by atoms with van der Waals surface area (Å²) in [6.45, 7) is 2.31. The summed E-state index contributed by atoms with van der Waals surface area (Å²) in [5, 5.41) is 10.2. The third-order valence-electron chi connectivity index (χ3n) is 2.42. The van der Waals surface area contributed by atoms with E-state index in [2.05, 4.69) is 0 Å². The molecule has 0 saturated heterocycles. The van der Waals surface area contributed by atoms with Crippen molar-refractivity contribution in [2.45, 2.75) is 19.8 Å². The topological polar surface area (TPSA) is 78.7 Å². The van der Waals surface area contributed by atoms with Crippen molar-refractivity contribution >= 4 is 22.5 Å². The van der Waals surface area contributed by atoms with Crippen LogP contribution >= 0.6 is 11.6 Å². The number of carbonyl (C=O) groups is 1. The summed E-state index contributed by atoms with van der Waals surface area (Å²) in [6.07, 6.45) is 1.66. The molecular weight excluding hydrogens is 274 g/mol. The number of unbranched alkanes of at least 4 members (excludes halogenated alkanes) is 1. The molecule has 0 N–H and O–H groups in total. The van der Waals surface area contributed by atoms with Gasteiger partial charge in [0.05, 0.1) is 18.6 Å². The summed E-state index contributed by atoms with van der Waals surface area (Å²) in [5.41, 5.74) is -0.340. The normalized spacial score (nSPS) is 10.1. The number of nitrogens with zero attached hydrogens (tertiary/aromatic N) is 1. The van der Waals surface area contributed by atoms with Crippen LogP contribution in [0.5, 0.6) is 11.5 Å². The Hall–Kier alpha value is -1.82. The molecule has 0 spiro atoms. The quantitative estimate of drug-likeness (QED) is 0.333. The number of carbonyl (C=O) groups excluding carboxylic acids is 1. The molecule has 0 aromatic heterocycles. The Bertz CT molecular complexity index is 489. The van der Waals surface area contributed by atoms with Crippen molar-refractivity contribution in [3.8, 4) is 11.5 Å². The summed E-state index contributed by atoms with van der Waals surface area (Å²) in [7, 11) is 1.34. The molecule has 0 heterocycles. The molecule has 0 saturated carbocycles. The van der Waals surface area contributed by atoms with Gasteiger partial charge >= 0.3 is 5.69 Å². The second kappa shape index (κ2) is 6.94. The fourth-order valence-electron chi connectivity index (χ4n) is 1.45. The van der Waals surface area contributed by atoms with Crippen LogP contribution in [0.1, 0.15) is 30.1 Å². The fourth-order valence-corrected chi connectivity index (χ4v) is 1.56. The Morgan fingerprint density at radius 1 is 1.47 bits per heavy atom. The van der Waals surface area contributed by atoms with Crippen LogP contribution < -0.4 is 9.47 Å². The van der Waals surface area contributed by atoms with Gasteiger partial charge in [-0.05, 0) is 24.1 Å². The fraction of sp³-hybridized carbons (Fsp3) is 0.417. The minimum absolute atomic E-state index is 0.00643. The second-order valence-corrected chi connectivity index (χ2v) is 4.10. The molecule has 0 amide bonds. The summed E-state index contributed by atoms with van der Waals surface area (Å²) in [6, 6.07) is 2.41. The van der Waals surface area contributed by atoms with Crippen LogP contribution in [0.4, 0.5) is 5.69 Å². The Morgan fingerprint density at radius 2 is 2.16 bits per heavy atom. The number of ether oxygens (including phenoxy) is 2. The van der Waals surface area contributed by atoms with Crippen LogP contribution in [0.15, 0.2) is 12.1 Å². The van der Waals surface area contributed by atoms with Gasteiger partial charge in [-0.25, -0.2) is 0 Å².